The van der Waals surface area contributed by atoms with Gasteiger partial charge >= 0.3 is 5.72 Å². The van der Waals surface area contributed by atoms with Crippen molar-refractivity contribution in [3.63, 3.8) is 0 Å². The fourth-order valence-corrected chi connectivity index (χ4v) is 0.165. The highest BCUT2D eigenvalue weighted by Gasteiger charge is 2.38. The fraction of sp³-hybridized carbons (Fsp3) is 1.00. The van der Waals surface area contributed by atoms with Crippen LogP contribution in [0.4, 0.5) is 0 Å². The second kappa shape index (κ2) is 2.72. The largest absolute Gasteiger partial charge is 0.386 e. The van der Waals surface area contributed by atoms with Crippen LogP contribution in [-0.4, -0.2) is 39.2 Å². The fourth-order valence-electron chi connectivity index (χ4n) is 0.165. The topological polar surface area (TPSA) is 104 Å². The summed E-state index contributed by atoms with van der Waals surface area (Å²) in [6.45, 7) is -2.17. The summed E-state index contributed by atoms with van der Waals surface area (Å²) in [5.41, 5.74) is -2.58. The molecule has 0 aliphatic heterocycles. The maximum Gasteiger partial charge on any atom is 0.368 e. The molecule has 0 radical (unpaired) electrons. The van der Waals surface area contributed by atoms with Gasteiger partial charge < -0.3 is 15.3 Å². The zero-order chi connectivity index (χ0) is 7.49. The van der Waals surface area contributed by atoms with Crippen molar-refractivity contribution in [3.05, 3.63) is 10.1 Å². The van der Waals surface area contributed by atoms with E-state index in [1.165, 1.54) is 0 Å². The predicted octanol–water partition coefficient (Wildman–Crippen LogP) is -2.06. The Bertz CT molecular complexity index is 109. The summed E-state index contributed by atoms with van der Waals surface area (Å²) < 4.78 is 0. The van der Waals surface area contributed by atoms with Crippen molar-refractivity contribution >= 4 is 0 Å². The SMILES string of the molecule is O=[N+]([O-])C(O)(CO)CO. The normalized spacial score (nSPS) is 11.4. The Balaban J connectivity index is 4.09. The van der Waals surface area contributed by atoms with E-state index in [2.05, 4.69) is 0 Å². The molecule has 0 rings (SSSR count). The first kappa shape index (κ1) is 8.28. The molecule has 0 aromatic heterocycles. The van der Waals surface area contributed by atoms with Gasteiger partial charge in [-0.15, -0.1) is 0 Å². The van der Waals surface area contributed by atoms with E-state index in [0.29, 0.717) is 0 Å². The highest BCUT2D eigenvalue weighted by molar-refractivity contribution is 4.59. The zero-order valence-corrected chi connectivity index (χ0v) is 4.52. The molecule has 9 heavy (non-hydrogen) atoms. The van der Waals surface area contributed by atoms with Gasteiger partial charge in [0.15, 0.2) is 0 Å². The Hall–Kier alpha value is -0.720. The Kier molecular flexibility index (Phi) is 2.50. The zero-order valence-electron chi connectivity index (χ0n) is 4.52. The van der Waals surface area contributed by atoms with E-state index in [0.717, 1.165) is 0 Å². The molecular weight excluding hydrogens is 130 g/mol. The van der Waals surface area contributed by atoms with E-state index >= 15 is 0 Å². The summed E-state index contributed by atoms with van der Waals surface area (Å²) in [6.07, 6.45) is 0. The average Bonchev–Trinajstić information content (AvgIpc) is 1.86. The van der Waals surface area contributed by atoms with E-state index in [1.807, 2.05) is 0 Å². The van der Waals surface area contributed by atoms with Crippen molar-refractivity contribution < 1.29 is 20.2 Å². The smallest absolute Gasteiger partial charge is 0.368 e. The van der Waals surface area contributed by atoms with Crippen LogP contribution < -0.4 is 0 Å². The number of aliphatic hydroxyl groups is 3. The van der Waals surface area contributed by atoms with Gasteiger partial charge in [-0.05, 0) is 0 Å². The van der Waals surface area contributed by atoms with Crippen LogP contribution >= 0.6 is 0 Å². The van der Waals surface area contributed by atoms with Crippen LogP contribution in [0.3, 0.4) is 0 Å². The van der Waals surface area contributed by atoms with Gasteiger partial charge in [0.2, 0.25) is 0 Å². The third kappa shape index (κ3) is 1.60. The molecule has 3 N–H and O–H groups in total. The lowest BCUT2D eigenvalue weighted by atomic mass is 10.3. The minimum absolute atomic E-state index is 1.09. The highest BCUT2D eigenvalue weighted by atomic mass is 16.7. The van der Waals surface area contributed by atoms with Gasteiger partial charge in [0, 0.05) is 0 Å². The minimum Gasteiger partial charge on any atom is -0.386 e. The summed E-state index contributed by atoms with van der Waals surface area (Å²) >= 11 is 0. The quantitative estimate of drug-likeness (QED) is 0.235. The molecule has 0 aromatic carbocycles. The first-order valence-electron chi connectivity index (χ1n) is 2.15. The van der Waals surface area contributed by atoms with E-state index in [9.17, 15) is 10.1 Å². The Morgan fingerprint density at radius 1 is 1.44 bits per heavy atom. The summed E-state index contributed by atoms with van der Waals surface area (Å²) in [5, 5.41) is 34.4. The second-order valence-electron chi connectivity index (χ2n) is 1.56. The van der Waals surface area contributed by atoms with Crippen molar-refractivity contribution in [1.29, 1.82) is 0 Å². The van der Waals surface area contributed by atoms with Crippen LogP contribution in [0.1, 0.15) is 0 Å². The van der Waals surface area contributed by atoms with Gasteiger partial charge in [0.05, 0.1) is 4.92 Å². The summed E-state index contributed by atoms with van der Waals surface area (Å²) in [6, 6.07) is 0. The molecule has 0 aliphatic rings. The molecule has 54 valence electrons. The molecular formula is C3H7NO5. The molecule has 0 amide bonds. The average molecular weight is 137 g/mol. The number of rotatable bonds is 3. The maximum absolute atomic E-state index is 9.72. The maximum atomic E-state index is 9.72. The molecule has 0 heterocycles. The third-order valence-corrected chi connectivity index (χ3v) is 0.846. The van der Waals surface area contributed by atoms with Gasteiger partial charge in [-0.3, -0.25) is 10.1 Å². The van der Waals surface area contributed by atoms with E-state index in [4.69, 9.17) is 15.3 Å². The van der Waals surface area contributed by atoms with Crippen LogP contribution in [0.5, 0.6) is 0 Å². The van der Waals surface area contributed by atoms with Crippen LogP contribution in [0, 0.1) is 10.1 Å². The highest BCUT2D eigenvalue weighted by Crippen LogP contribution is 2.00. The molecule has 0 aromatic rings. The molecule has 0 spiro atoms. The molecule has 0 fully saturated rings. The first-order valence-corrected chi connectivity index (χ1v) is 2.15. The van der Waals surface area contributed by atoms with Crippen LogP contribution in [0.25, 0.3) is 0 Å². The van der Waals surface area contributed by atoms with Gasteiger partial charge in [-0.2, -0.15) is 0 Å². The van der Waals surface area contributed by atoms with Crippen LogP contribution in [-0.2, 0) is 0 Å². The van der Waals surface area contributed by atoms with Gasteiger partial charge in [-0.25, -0.2) is 0 Å². The summed E-state index contributed by atoms with van der Waals surface area (Å²) in [4.78, 5) is 8.57. The van der Waals surface area contributed by atoms with Crippen molar-refractivity contribution in [2.75, 3.05) is 13.2 Å². The van der Waals surface area contributed by atoms with Crippen molar-refractivity contribution in [3.8, 4) is 0 Å². The van der Waals surface area contributed by atoms with Gasteiger partial charge in [0.1, 0.15) is 13.2 Å². The second-order valence-corrected chi connectivity index (χ2v) is 1.56. The number of aliphatic hydroxyl groups excluding tert-OH is 2. The van der Waals surface area contributed by atoms with Crippen LogP contribution in [0.2, 0.25) is 0 Å². The lowest BCUT2D eigenvalue weighted by Gasteiger charge is -2.11. The molecule has 6 heteroatoms. The standard InChI is InChI=1S/C3H7NO5/c5-1-3(7,2-6)4(8)9/h5-7H,1-2H2. The van der Waals surface area contributed by atoms with Crippen molar-refractivity contribution in [1.82, 2.24) is 0 Å². The minimum atomic E-state index is -2.58. The van der Waals surface area contributed by atoms with Gasteiger partial charge in [0.25, 0.3) is 0 Å². The molecule has 0 bridgehead atoms. The van der Waals surface area contributed by atoms with Crippen LogP contribution in [0.15, 0.2) is 0 Å². The van der Waals surface area contributed by atoms with E-state index in [1.54, 1.807) is 0 Å². The molecule has 0 unspecified atom stereocenters. The van der Waals surface area contributed by atoms with Gasteiger partial charge in [-0.1, -0.05) is 0 Å². The lowest BCUT2D eigenvalue weighted by molar-refractivity contribution is -0.631. The first-order chi connectivity index (χ1) is 4.06. The molecule has 6 nitrogen and oxygen atoms in total. The predicted molar refractivity (Wildman–Crippen MR) is 26.1 cm³/mol. The molecule has 0 atom stereocenters. The van der Waals surface area contributed by atoms with Crippen molar-refractivity contribution in [2.45, 2.75) is 5.72 Å². The number of hydrogen-bond acceptors (Lipinski definition) is 5. The Morgan fingerprint density at radius 2 is 1.78 bits per heavy atom. The third-order valence-electron chi connectivity index (χ3n) is 0.846. The number of hydrogen-bond donors (Lipinski definition) is 3. The molecule has 0 saturated heterocycles. The van der Waals surface area contributed by atoms with Crippen molar-refractivity contribution in [2.24, 2.45) is 0 Å². The lowest BCUT2D eigenvalue weighted by Crippen LogP contribution is -2.45. The molecule has 0 saturated carbocycles. The summed E-state index contributed by atoms with van der Waals surface area (Å²) in [7, 11) is 0. The monoisotopic (exact) mass is 137 g/mol. The van der Waals surface area contributed by atoms with E-state index < -0.39 is 23.9 Å². The Morgan fingerprint density at radius 3 is 1.78 bits per heavy atom. The number of nitrogens with zero attached hydrogens (tertiary/aromatic N) is 1. The molecule has 0 aliphatic carbocycles. The van der Waals surface area contributed by atoms with E-state index in [-0.39, 0.29) is 0 Å². The number of nitro groups is 1. The summed E-state index contributed by atoms with van der Waals surface area (Å²) in [5.74, 6) is 0. The Labute approximate surface area is 50.5 Å².